The molecule has 0 radical (unpaired) electrons. The number of benzene rings is 1. The molecule has 1 atom stereocenters. The molecule has 4 heteroatoms. The lowest BCUT2D eigenvalue weighted by molar-refractivity contribution is 0.477. The third-order valence-corrected chi connectivity index (χ3v) is 2.70. The van der Waals surface area contributed by atoms with E-state index in [2.05, 4.69) is 23.9 Å². The Morgan fingerprint density at radius 3 is 2.94 bits per heavy atom. The first-order valence-corrected chi connectivity index (χ1v) is 5.47. The van der Waals surface area contributed by atoms with Crippen LogP contribution in [0, 0.1) is 0 Å². The van der Waals surface area contributed by atoms with Crippen molar-refractivity contribution in [3.05, 3.63) is 30.6 Å². The van der Waals surface area contributed by atoms with Crippen molar-refractivity contribution in [2.75, 3.05) is 5.73 Å². The van der Waals surface area contributed by atoms with Crippen molar-refractivity contribution < 1.29 is 0 Å². The maximum atomic E-state index is 5.73. The summed E-state index contributed by atoms with van der Waals surface area (Å²) in [6, 6.07) is 7.99. The van der Waals surface area contributed by atoms with Gasteiger partial charge in [0.1, 0.15) is 6.33 Å². The lowest BCUT2D eigenvalue weighted by Gasteiger charge is -2.06. The van der Waals surface area contributed by atoms with Crippen molar-refractivity contribution >= 4 is 5.69 Å². The quantitative estimate of drug-likeness (QED) is 0.802. The lowest BCUT2D eigenvalue weighted by atomic mass is 10.2. The Kier molecular flexibility index (Phi) is 2.90. The van der Waals surface area contributed by atoms with Crippen LogP contribution in [-0.2, 0) is 0 Å². The van der Waals surface area contributed by atoms with Gasteiger partial charge in [-0.3, -0.25) is 0 Å². The normalized spacial score (nSPS) is 12.6. The molecule has 84 valence electrons. The van der Waals surface area contributed by atoms with Gasteiger partial charge in [0.05, 0.1) is 6.04 Å². The highest BCUT2D eigenvalue weighted by molar-refractivity contribution is 5.60. The zero-order chi connectivity index (χ0) is 11.5. The van der Waals surface area contributed by atoms with E-state index in [0.717, 1.165) is 23.5 Å². The van der Waals surface area contributed by atoms with Gasteiger partial charge in [-0.2, -0.15) is 5.10 Å². The van der Waals surface area contributed by atoms with Gasteiger partial charge in [0.25, 0.3) is 0 Å². The Labute approximate surface area is 95.1 Å². The van der Waals surface area contributed by atoms with Crippen LogP contribution >= 0.6 is 0 Å². The van der Waals surface area contributed by atoms with E-state index in [1.54, 1.807) is 6.33 Å². The van der Waals surface area contributed by atoms with Crippen molar-refractivity contribution in [1.29, 1.82) is 0 Å². The molecule has 1 heterocycles. The summed E-state index contributed by atoms with van der Waals surface area (Å²) in [5, 5.41) is 4.44. The number of hydrogen-bond acceptors (Lipinski definition) is 3. The highest BCUT2D eigenvalue weighted by Gasteiger charge is 2.07. The van der Waals surface area contributed by atoms with E-state index in [1.807, 2.05) is 28.9 Å². The number of rotatable bonds is 3. The van der Waals surface area contributed by atoms with E-state index in [-0.39, 0.29) is 0 Å². The molecule has 1 aromatic carbocycles. The fraction of sp³-hybridized carbons (Fsp3) is 0.333. The van der Waals surface area contributed by atoms with Crippen LogP contribution in [0.3, 0.4) is 0 Å². The molecule has 2 aromatic rings. The molecule has 0 aliphatic carbocycles. The third kappa shape index (κ3) is 2.05. The molecule has 2 rings (SSSR count). The molecule has 4 nitrogen and oxygen atoms in total. The lowest BCUT2D eigenvalue weighted by Crippen LogP contribution is -2.04. The molecule has 0 aliphatic heterocycles. The fourth-order valence-corrected chi connectivity index (χ4v) is 1.48. The van der Waals surface area contributed by atoms with E-state index in [0.29, 0.717) is 6.04 Å². The number of nitrogen functional groups attached to an aromatic ring is 1. The van der Waals surface area contributed by atoms with Gasteiger partial charge in [0.15, 0.2) is 5.82 Å². The molecule has 0 spiro atoms. The molecule has 0 aliphatic rings. The number of anilines is 1. The Hall–Kier alpha value is -1.84. The van der Waals surface area contributed by atoms with E-state index in [1.165, 1.54) is 0 Å². The van der Waals surface area contributed by atoms with Crippen LogP contribution in [0.5, 0.6) is 0 Å². The first kappa shape index (κ1) is 10.7. The monoisotopic (exact) mass is 216 g/mol. The molecule has 2 N–H and O–H groups in total. The Morgan fingerprint density at radius 1 is 1.44 bits per heavy atom. The molecule has 0 bridgehead atoms. The van der Waals surface area contributed by atoms with Crippen LogP contribution in [0.4, 0.5) is 5.69 Å². The van der Waals surface area contributed by atoms with Gasteiger partial charge in [-0.05, 0) is 25.5 Å². The summed E-state index contributed by atoms with van der Waals surface area (Å²) in [7, 11) is 0. The molecule has 0 amide bonds. The van der Waals surface area contributed by atoms with Crippen LogP contribution in [0.15, 0.2) is 30.6 Å². The number of aromatic nitrogens is 3. The average Bonchev–Trinajstić information content (AvgIpc) is 2.77. The van der Waals surface area contributed by atoms with Crippen LogP contribution in [0.1, 0.15) is 26.3 Å². The predicted molar refractivity (Wildman–Crippen MR) is 64.9 cm³/mol. The van der Waals surface area contributed by atoms with Crippen molar-refractivity contribution in [2.45, 2.75) is 26.3 Å². The molecular formula is C12H16N4. The standard InChI is InChI=1S/C12H16N4/c1-3-9(2)16-8-14-12(15-16)10-5-4-6-11(13)7-10/h4-9H,3,13H2,1-2H3. The minimum atomic E-state index is 0.377. The Balaban J connectivity index is 2.31. The van der Waals surface area contributed by atoms with Crippen LogP contribution in [-0.4, -0.2) is 14.8 Å². The van der Waals surface area contributed by atoms with Crippen LogP contribution < -0.4 is 5.73 Å². The van der Waals surface area contributed by atoms with Crippen LogP contribution in [0.2, 0.25) is 0 Å². The first-order chi connectivity index (χ1) is 7.70. The summed E-state index contributed by atoms with van der Waals surface area (Å²) in [5.74, 6) is 0.729. The molecular weight excluding hydrogens is 200 g/mol. The topological polar surface area (TPSA) is 56.7 Å². The predicted octanol–water partition coefficient (Wildman–Crippen LogP) is 2.50. The number of nitrogens with zero attached hydrogens (tertiary/aromatic N) is 3. The summed E-state index contributed by atoms with van der Waals surface area (Å²) < 4.78 is 1.89. The van der Waals surface area contributed by atoms with Gasteiger partial charge in [-0.1, -0.05) is 19.1 Å². The van der Waals surface area contributed by atoms with E-state index < -0.39 is 0 Å². The fourth-order valence-electron chi connectivity index (χ4n) is 1.48. The van der Waals surface area contributed by atoms with Gasteiger partial charge in [-0.25, -0.2) is 9.67 Å². The molecule has 1 aromatic heterocycles. The van der Waals surface area contributed by atoms with E-state index in [4.69, 9.17) is 5.73 Å². The molecule has 16 heavy (non-hydrogen) atoms. The zero-order valence-electron chi connectivity index (χ0n) is 9.59. The largest absolute Gasteiger partial charge is 0.399 e. The molecule has 0 fully saturated rings. The second kappa shape index (κ2) is 4.35. The van der Waals surface area contributed by atoms with Crippen molar-refractivity contribution in [1.82, 2.24) is 14.8 Å². The number of hydrogen-bond donors (Lipinski definition) is 1. The summed E-state index contributed by atoms with van der Waals surface area (Å²) in [6.45, 7) is 4.25. The maximum Gasteiger partial charge on any atom is 0.181 e. The van der Waals surface area contributed by atoms with Crippen molar-refractivity contribution in [3.63, 3.8) is 0 Å². The summed E-state index contributed by atoms with van der Waals surface area (Å²) in [6.07, 6.45) is 2.81. The zero-order valence-corrected chi connectivity index (χ0v) is 9.59. The van der Waals surface area contributed by atoms with E-state index in [9.17, 15) is 0 Å². The Bertz CT molecular complexity index is 475. The van der Waals surface area contributed by atoms with Crippen LogP contribution in [0.25, 0.3) is 11.4 Å². The van der Waals surface area contributed by atoms with Gasteiger partial charge < -0.3 is 5.73 Å². The first-order valence-electron chi connectivity index (χ1n) is 5.47. The van der Waals surface area contributed by atoms with Gasteiger partial charge >= 0.3 is 0 Å². The minimum Gasteiger partial charge on any atom is -0.399 e. The van der Waals surface area contributed by atoms with Gasteiger partial charge in [0, 0.05) is 11.3 Å². The minimum absolute atomic E-state index is 0.377. The number of nitrogens with two attached hydrogens (primary N) is 1. The highest BCUT2D eigenvalue weighted by Crippen LogP contribution is 2.18. The Morgan fingerprint density at radius 2 is 2.25 bits per heavy atom. The summed E-state index contributed by atoms with van der Waals surface area (Å²) in [5.41, 5.74) is 7.42. The maximum absolute atomic E-state index is 5.73. The second-order valence-corrected chi connectivity index (χ2v) is 3.93. The van der Waals surface area contributed by atoms with Crippen molar-refractivity contribution in [3.8, 4) is 11.4 Å². The van der Waals surface area contributed by atoms with Crippen molar-refractivity contribution in [2.24, 2.45) is 0 Å². The highest BCUT2D eigenvalue weighted by atomic mass is 15.3. The summed E-state index contributed by atoms with van der Waals surface area (Å²) in [4.78, 5) is 4.29. The third-order valence-electron chi connectivity index (χ3n) is 2.70. The second-order valence-electron chi connectivity index (χ2n) is 3.93. The average molecular weight is 216 g/mol. The van der Waals surface area contributed by atoms with Gasteiger partial charge in [0.2, 0.25) is 0 Å². The smallest absolute Gasteiger partial charge is 0.181 e. The SMILES string of the molecule is CCC(C)n1cnc(-c2cccc(N)c2)n1. The summed E-state index contributed by atoms with van der Waals surface area (Å²) >= 11 is 0. The molecule has 0 saturated heterocycles. The molecule has 0 saturated carbocycles. The van der Waals surface area contributed by atoms with E-state index >= 15 is 0 Å². The molecule has 1 unspecified atom stereocenters. The van der Waals surface area contributed by atoms with Gasteiger partial charge in [-0.15, -0.1) is 0 Å².